The Morgan fingerprint density at radius 3 is 3.00 bits per heavy atom. The summed E-state index contributed by atoms with van der Waals surface area (Å²) in [7, 11) is 1.62. The lowest BCUT2D eigenvalue weighted by atomic mass is 10.1. The van der Waals surface area contributed by atoms with E-state index in [1.54, 1.807) is 25.2 Å². The van der Waals surface area contributed by atoms with Gasteiger partial charge in [-0.2, -0.15) is 0 Å². The second-order valence-electron chi connectivity index (χ2n) is 6.27. The number of benzene rings is 1. The number of para-hydroxylation sites is 1. The SMILES string of the molecule is CN(CC(O)CNC(=O)c1cccc2c1OCC(=O)N2)C(=O)C1=CCCS1. The number of nitrogens with zero attached hydrogens (tertiary/aromatic N) is 1. The maximum Gasteiger partial charge on any atom is 0.262 e. The summed E-state index contributed by atoms with van der Waals surface area (Å²) in [5, 5.41) is 15.4. The number of rotatable bonds is 6. The van der Waals surface area contributed by atoms with E-state index in [9.17, 15) is 19.5 Å². The third-order valence-electron chi connectivity index (χ3n) is 4.13. The van der Waals surface area contributed by atoms with Gasteiger partial charge in [0.05, 0.1) is 22.3 Å². The predicted octanol–water partition coefficient (Wildman–Crippen LogP) is 0.587. The molecule has 0 fully saturated rings. The van der Waals surface area contributed by atoms with Gasteiger partial charge in [-0.25, -0.2) is 0 Å². The largest absolute Gasteiger partial charge is 0.481 e. The number of nitrogens with one attached hydrogen (secondary N) is 2. The van der Waals surface area contributed by atoms with Gasteiger partial charge >= 0.3 is 0 Å². The number of fused-ring (bicyclic) bond motifs is 1. The quantitative estimate of drug-likeness (QED) is 0.655. The molecule has 0 aliphatic carbocycles. The molecule has 1 aromatic carbocycles. The first kappa shape index (κ1) is 19.2. The fourth-order valence-electron chi connectivity index (χ4n) is 2.82. The van der Waals surface area contributed by atoms with E-state index in [2.05, 4.69) is 10.6 Å². The fraction of sp³-hybridized carbons (Fsp3) is 0.389. The van der Waals surface area contributed by atoms with Crippen LogP contribution in [-0.2, 0) is 9.59 Å². The summed E-state index contributed by atoms with van der Waals surface area (Å²) in [6, 6.07) is 4.87. The van der Waals surface area contributed by atoms with Crippen molar-refractivity contribution >= 4 is 35.2 Å². The van der Waals surface area contributed by atoms with E-state index in [0.29, 0.717) is 16.3 Å². The van der Waals surface area contributed by atoms with Crippen LogP contribution < -0.4 is 15.4 Å². The highest BCUT2D eigenvalue weighted by Crippen LogP contribution is 2.31. The molecular weight excluding hydrogens is 370 g/mol. The van der Waals surface area contributed by atoms with Crippen molar-refractivity contribution in [3.05, 3.63) is 34.7 Å². The molecule has 0 saturated heterocycles. The number of aliphatic hydroxyl groups excluding tert-OH is 1. The van der Waals surface area contributed by atoms with Gasteiger partial charge in [0.15, 0.2) is 12.4 Å². The van der Waals surface area contributed by atoms with E-state index in [4.69, 9.17) is 4.74 Å². The number of carbonyl (C=O) groups is 3. The smallest absolute Gasteiger partial charge is 0.262 e. The lowest BCUT2D eigenvalue weighted by molar-refractivity contribution is -0.126. The number of hydrogen-bond donors (Lipinski definition) is 3. The minimum absolute atomic E-state index is 0.0152. The zero-order valence-electron chi connectivity index (χ0n) is 14.9. The first-order valence-corrected chi connectivity index (χ1v) is 9.54. The molecule has 1 aromatic rings. The van der Waals surface area contributed by atoms with Crippen LogP contribution in [0, 0.1) is 0 Å². The van der Waals surface area contributed by atoms with Crippen LogP contribution in [0.3, 0.4) is 0 Å². The van der Waals surface area contributed by atoms with Crippen molar-refractivity contribution in [2.75, 3.05) is 37.8 Å². The number of hydrogen-bond acceptors (Lipinski definition) is 6. The highest BCUT2D eigenvalue weighted by atomic mass is 32.2. The molecule has 2 aliphatic rings. The average molecular weight is 391 g/mol. The van der Waals surface area contributed by atoms with E-state index in [-0.39, 0.29) is 37.1 Å². The number of likely N-dealkylation sites (N-methyl/N-ethyl adjacent to an activating group) is 1. The Labute approximate surface area is 160 Å². The molecule has 9 heteroatoms. The molecule has 2 aliphatic heterocycles. The molecule has 0 bridgehead atoms. The van der Waals surface area contributed by atoms with Crippen LogP contribution in [0.25, 0.3) is 0 Å². The van der Waals surface area contributed by atoms with Gasteiger partial charge in [-0.1, -0.05) is 12.1 Å². The summed E-state index contributed by atoms with van der Waals surface area (Å²) in [5.74, 6) is 0.381. The van der Waals surface area contributed by atoms with Gasteiger partial charge in [0.25, 0.3) is 17.7 Å². The van der Waals surface area contributed by atoms with E-state index in [1.807, 2.05) is 6.08 Å². The maximum absolute atomic E-state index is 12.4. The Morgan fingerprint density at radius 1 is 1.44 bits per heavy atom. The Balaban J connectivity index is 1.54. The lowest BCUT2D eigenvalue weighted by Gasteiger charge is -2.22. The van der Waals surface area contributed by atoms with Crippen LogP contribution in [0.4, 0.5) is 5.69 Å². The molecule has 0 aromatic heterocycles. The first-order valence-electron chi connectivity index (χ1n) is 8.56. The Morgan fingerprint density at radius 2 is 2.26 bits per heavy atom. The predicted molar refractivity (Wildman–Crippen MR) is 102 cm³/mol. The molecule has 27 heavy (non-hydrogen) atoms. The Bertz CT molecular complexity index is 795. The second kappa shape index (κ2) is 8.45. The molecule has 1 atom stereocenters. The van der Waals surface area contributed by atoms with Gasteiger partial charge in [-0.05, 0) is 18.6 Å². The van der Waals surface area contributed by atoms with Crippen molar-refractivity contribution < 1.29 is 24.2 Å². The van der Waals surface area contributed by atoms with Crippen LogP contribution >= 0.6 is 11.8 Å². The first-order chi connectivity index (χ1) is 13.0. The Kier molecular flexibility index (Phi) is 6.02. The van der Waals surface area contributed by atoms with E-state index in [1.165, 1.54) is 16.7 Å². The standard InChI is InChI=1S/C18H21N3O5S/c1-21(18(25)14-6-3-7-27-14)9-11(22)8-19-17(24)12-4-2-5-13-16(12)26-10-15(23)20-13/h2,4-6,11,22H,3,7-10H2,1H3,(H,19,24)(H,20,23). The summed E-state index contributed by atoms with van der Waals surface area (Å²) in [6.45, 7) is -0.0597. The molecule has 0 radical (unpaired) electrons. The van der Waals surface area contributed by atoms with Crippen molar-refractivity contribution in [3.8, 4) is 5.75 Å². The topological polar surface area (TPSA) is 108 Å². The van der Waals surface area contributed by atoms with Crippen LogP contribution in [0.15, 0.2) is 29.2 Å². The number of thioether (sulfide) groups is 1. The number of ether oxygens (including phenoxy) is 1. The third kappa shape index (κ3) is 4.61. The minimum atomic E-state index is -0.907. The van der Waals surface area contributed by atoms with Crippen molar-refractivity contribution in [2.24, 2.45) is 0 Å². The number of allylic oxidation sites excluding steroid dienone is 1. The molecule has 3 N–H and O–H groups in total. The summed E-state index contributed by atoms with van der Waals surface area (Å²) in [6.07, 6.45) is 1.87. The third-order valence-corrected chi connectivity index (χ3v) is 5.22. The molecule has 3 rings (SSSR count). The monoisotopic (exact) mass is 391 g/mol. The van der Waals surface area contributed by atoms with Crippen molar-refractivity contribution in [2.45, 2.75) is 12.5 Å². The molecule has 0 spiro atoms. The molecule has 1 unspecified atom stereocenters. The number of amides is 3. The van der Waals surface area contributed by atoms with Gasteiger partial charge in [-0.15, -0.1) is 11.8 Å². The highest BCUT2D eigenvalue weighted by molar-refractivity contribution is 8.04. The summed E-state index contributed by atoms with van der Waals surface area (Å²) in [4.78, 5) is 38.2. The molecular formula is C18H21N3O5S. The van der Waals surface area contributed by atoms with Gasteiger partial charge in [0.1, 0.15) is 0 Å². The van der Waals surface area contributed by atoms with Gasteiger partial charge in [-0.3, -0.25) is 14.4 Å². The Hall–Kier alpha value is -2.52. The number of carbonyl (C=O) groups excluding carboxylic acids is 3. The molecule has 3 amide bonds. The van der Waals surface area contributed by atoms with Gasteiger partial charge < -0.3 is 25.4 Å². The number of anilines is 1. The summed E-state index contributed by atoms with van der Waals surface area (Å²) >= 11 is 1.51. The summed E-state index contributed by atoms with van der Waals surface area (Å²) < 4.78 is 5.35. The van der Waals surface area contributed by atoms with Crippen molar-refractivity contribution in [1.29, 1.82) is 0 Å². The average Bonchev–Trinajstić information content (AvgIpc) is 3.19. The molecule has 144 valence electrons. The lowest BCUT2D eigenvalue weighted by Crippen LogP contribution is -2.41. The van der Waals surface area contributed by atoms with Crippen molar-refractivity contribution in [1.82, 2.24) is 10.2 Å². The van der Waals surface area contributed by atoms with Crippen LogP contribution in [0.5, 0.6) is 5.75 Å². The normalized spacial score (nSPS) is 16.5. The second-order valence-corrected chi connectivity index (χ2v) is 7.41. The van der Waals surface area contributed by atoms with Crippen molar-refractivity contribution in [3.63, 3.8) is 0 Å². The van der Waals surface area contributed by atoms with E-state index >= 15 is 0 Å². The highest BCUT2D eigenvalue weighted by Gasteiger charge is 2.24. The molecule has 2 heterocycles. The van der Waals surface area contributed by atoms with E-state index in [0.717, 1.165) is 12.2 Å². The molecule has 8 nitrogen and oxygen atoms in total. The number of aliphatic hydroxyl groups is 1. The van der Waals surface area contributed by atoms with Gasteiger partial charge in [0.2, 0.25) is 0 Å². The van der Waals surface area contributed by atoms with Crippen LogP contribution in [0.2, 0.25) is 0 Å². The zero-order valence-corrected chi connectivity index (χ0v) is 15.7. The minimum Gasteiger partial charge on any atom is -0.481 e. The molecule has 0 saturated carbocycles. The summed E-state index contributed by atoms with van der Waals surface area (Å²) in [5.41, 5.74) is 0.712. The maximum atomic E-state index is 12.4. The zero-order chi connectivity index (χ0) is 19.4. The van der Waals surface area contributed by atoms with E-state index < -0.39 is 12.0 Å². The van der Waals surface area contributed by atoms with Gasteiger partial charge in [0, 0.05) is 25.9 Å². The van der Waals surface area contributed by atoms with Crippen LogP contribution in [0.1, 0.15) is 16.8 Å². The fourth-order valence-corrected chi connectivity index (χ4v) is 3.79. The van der Waals surface area contributed by atoms with Crippen LogP contribution in [-0.4, -0.2) is 66.3 Å².